The van der Waals surface area contributed by atoms with Gasteiger partial charge in [-0.05, 0) is 38.0 Å². The number of benzene rings is 1. The van der Waals surface area contributed by atoms with E-state index >= 15 is 0 Å². The molecule has 2 rings (SSSR count). The highest BCUT2D eigenvalue weighted by Crippen LogP contribution is 2.11. The molecule has 21 heavy (non-hydrogen) atoms. The Kier molecular flexibility index (Phi) is 5.76. The van der Waals surface area contributed by atoms with Crippen LogP contribution in [-0.4, -0.2) is 42.5 Å². The van der Waals surface area contributed by atoms with Gasteiger partial charge in [-0.15, -0.1) is 0 Å². The minimum atomic E-state index is 0.0690. The summed E-state index contributed by atoms with van der Waals surface area (Å²) in [7, 11) is 0. The summed E-state index contributed by atoms with van der Waals surface area (Å²) < 4.78 is 0. The molecule has 116 valence electrons. The van der Waals surface area contributed by atoms with E-state index in [1.807, 2.05) is 12.1 Å². The molecule has 1 aromatic carbocycles. The Labute approximate surface area is 127 Å². The monoisotopic (exact) mass is 289 g/mol. The number of hydrogen-bond donors (Lipinski definition) is 2. The number of carbonyl (C=O) groups is 1. The molecule has 1 aliphatic rings. The van der Waals surface area contributed by atoms with Crippen LogP contribution in [0.5, 0.6) is 0 Å². The fourth-order valence-electron chi connectivity index (χ4n) is 3.02. The lowest BCUT2D eigenvalue weighted by Crippen LogP contribution is -2.55. The van der Waals surface area contributed by atoms with Gasteiger partial charge in [0.05, 0.1) is 6.54 Å². The van der Waals surface area contributed by atoms with Crippen molar-refractivity contribution in [3.63, 3.8) is 0 Å². The summed E-state index contributed by atoms with van der Waals surface area (Å²) in [5.41, 5.74) is 2.20. The third-order valence-corrected chi connectivity index (χ3v) is 3.78. The summed E-state index contributed by atoms with van der Waals surface area (Å²) in [6, 6.07) is 9.05. The molecule has 1 heterocycles. The van der Waals surface area contributed by atoms with Crippen LogP contribution in [0.3, 0.4) is 0 Å². The van der Waals surface area contributed by atoms with E-state index in [1.54, 1.807) is 0 Å². The maximum atomic E-state index is 12.1. The third-order valence-electron chi connectivity index (χ3n) is 3.78. The van der Waals surface area contributed by atoms with Gasteiger partial charge in [-0.1, -0.05) is 25.5 Å². The maximum Gasteiger partial charge on any atom is 0.238 e. The zero-order valence-corrected chi connectivity index (χ0v) is 13.4. The highest BCUT2D eigenvalue weighted by Gasteiger charge is 2.22. The van der Waals surface area contributed by atoms with Gasteiger partial charge in [0, 0.05) is 30.9 Å². The van der Waals surface area contributed by atoms with E-state index < -0.39 is 0 Å². The Bertz CT molecular complexity index is 448. The van der Waals surface area contributed by atoms with Gasteiger partial charge in [0.15, 0.2) is 0 Å². The van der Waals surface area contributed by atoms with Crippen molar-refractivity contribution in [1.29, 1.82) is 0 Å². The van der Waals surface area contributed by atoms with Crippen molar-refractivity contribution in [1.82, 2.24) is 10.2 Å². The van der Waals surface area contributed by atoms with Crippen molar-refractivity contribution >= 4 is 11.6 Å². The molecule has 0 bridgehead atoms. The highest BCUT2D eigenvalue weighted by molar-refractivity contribution is 5.92. The number of nitrogens with one attached hydrogen (secondary N) is 2. The summed E-state index contributed by atoms with van der Waals surface area (Å²) in [5, 5.41) is 6.46. The predicted octanol–water partition coefficient (Wildman–Crippen LogP) is 2.26. The van der Waals surface area contributed by atoms with E-state index in [-0.39, 0.29) is 5.91 Å². The maximum absolute atomic E-state index is 12.1. The summed E-state index contributed by atoms with van der Waals surface area (Å²) in [4.78, 5) is 14.3. The minimum Gasteiger partial charge on any atom is -0.325 e. The number of nitrogens with zero attached hydrogens (tertiary/aromatic N) is 1. The Morgan fingerprint density at radius 1 is 1.24 bits per heavy atom. The van der Waals surface area contributed by atoms with Gasteiger partial charge in [0.25, 0.3) is 0 Å². The first-order valence-corrected chi connectivity index (χ1v) is 7.94. The molecule has 1 saturated heterocycles. The van der Waals surface area contributed by atoms with Crippen molar-refractivity contribution in [2.45, 2.75) is 45.7 Å². The van der Waals surface area contributed by atoms with Gasteiger partial charge < -0.3 is 10.6 Å². The van der Waals surface area contributed by atoms with Crippen LogP contribution in [0, 0.1) is 0 Å². The number of carbonyl (C=O) groups excluding carboxylic acids is 1. The average molecular weight is 289 g/mol. The fraction of sp³-hybridized carbons (Fsp3) is 0.588. The van der Waals surface area contributed by atoms with Crippen molar-refractivity contribution in [2.24, 2.45) is 0 Å². The van der Waals surface area contributed by atoms with Crippen LogP contribution in [0.15, 0.2) is 24.3 Å². The number of anilines is 1. The molecule has 1 fully saturated rings. The predicted molar refractivity (Wildman–Crippen MR) is 87.6 cm³/mol. The van der Waals surface area contributed by atoms with Gasteiger partial charge in [0.2, 0.25) is 5.91 Å². The summed E-state index contributed by atoms with van der Waals surface area (Å²) in [5.74, 6) is 0.0690. The average Bonchev–Trinajstić information content (AvgIpc) is 2.40. The Morgan fingerprint density at radius 3 is 2.43 bits per heavy atom. The van der Waals surface area contributed by atoms with Crippen LogP contribution < -0.4 is 10.6 Å². The molecule has 2 N–H and O–H groups in total. The molecule has 0 aliphatic carbocycles. The van der Waals surface area contributed by atoms with E-state index in [9.17, 15) is 4.79 Å². The molecule has 0 aromatic heterocycles. The van der Waals surface area contributed by atoms with E-state index in [0.29, 0.717) is 18.6 Å². The van der Waals surface area contributed by atoms with Crippen molar-refractivity contribution in [3.8, 4) is 0 Å². The number of piperazine rings is 1. The molecule has 1 aromatic rings. The van der Waals surface area contributed by atoms with Gasteiger partial charge in [-0.25, -0.2) is 0 Å². The lowest BCUT2D eigenvalue weighted by atomic mass is 10.1. The SMILES string of the molecule is CCCc1ccc(NC(=O)CN2CC(C)NC(C)C2)cc1. The van der Waals surface area contributed by atoms with E-state index in [4.69, 9.17) is 0 Å². The molecule has 4 nitrogen and oxygen atoms in total. The quantitative estimate of drug-likeness (QED) is 0.874. The topological polar surface area (TPSA) is 44.4 Å². The number of rotatable bonds is 5. The van der Waals surface area contributed by atoms with Crippen LogP contribution in [0.4, 0.5) is 5.69 Å². The van der Waals surface area contributed by atoms with Crippen molar-refractivity contribution in [2.75, 3.05) is 25.0 Å². The van der Waals surface area contributed by atoms with Crippen LogP contribution in [0.1, 0.15) is 32.8 Å². The first kappa shape index (κ1) is 16.0. The second-order valence-corrected chi connectivity index (χ2v) is 6.16. The third kappa shape index (κ3) is 5.14. The van der Waals surface area contributed by atoms with E-state index in [2.05, 4.69) is 48.4 Å². The Hall–Kier alpha value is -1.39. The smallest absolute Gasteiger partial charge is 0.238 e. The zero-order valence-electron chi connectivity index (χ0n) is 13.4. The molecule has 2 unspecified atom stereocenters. The minimum absolute atomic E-state index is 0.0690. The largest absolute Gasteiger partial charge is 0.325 e. The lowest BCUT2D eigenvalue weighted by Gasteiger charge is -2.35. The molecular weight excluding hydrogens is 262 g/mol. The van der Waals surface area contributed by atoms with Crippen LogP contribution in [0.2, 0.25) is 0 Å². The summed E-state index contributed by atoms with van der Waals surface area (Å²) in [6.07, 6.45) is 2.23. The summed E-state index contributed by atoms with van der Waals surface area (Å²) in [6.45, 7) is 8.80. The highest BCUT2D eigenvalue weighted by atomic mass is 16.2. The lowest BCUT2D eigenvalue weighted by molar-refractivity contribution is -0.117. The van der Waals surface area contributed by atoms with Crippen molar-refractivity contribution < 1.29 is 4.79 Å². The van der Waals surface area contributed by atoms with E-state index in [1.165, 1.54) is 5.56 Å². The molecule has 1 amide bonds. The zero-order chi connectivity index (χ0) is 15.2. The molecule has 1 aliphatic heterocycles. The number of aryl methyl sites for hydroxylation is 1. The number of hydrogen-bond acceptors (Lipinski definition) is 3. The Morgan fingerprint density at radius 2 is 1.86 bits per heavy atom. The van der Waals surface area contributed by atoms with Gasteiger partial charge >= 0.3 is 0 Å². The van der Waals surface area contributed by atoms with Crippen LogP contribution in [-0.2, 0) is 11.2 Å². The molecule has 0 saturated carbocycles. The second kappa shape index (κ2) is 7.57. The fourth-order valence-corrected chi connectivity index (χ4v) is 3.02. The molecule has 0 radical (unpaired) electrons. The first-order chi connectivity index (χ1) is 10.1. The first-order valence-electron chi connectivity index (χ1n) is 7.94. The molecular formula is C17H27N3O. The molecule has 4 heteroatoms. The van der Waals surface area contributed by atoms with Gasteiger partial charge in [-0.3, -0.25) is 9.69 Å². The van der Waals surface area contributed by atoms with Crippen LogP contribution >= 0.6 is 0 Å². The molecule has 0 spiro atoms. The molecule has 2 atom stereocenters. The normalized spacial score (nSPS) is 23.0. The van der Waals surface area contributed by atoms with Gasteiger partial charge in [-0.2, -0.15) is 0 Å². The number of amides is 1. The van der Waals surface area contributed by atoms with Crippen LogP contribution in [0.25, 0.3) is 0 Å². The van der Waals surface area contributed by atoms with Crippen molar-refractivity contribution in [3.05, 3.63) is 29.8 Å². The summed E-state index contributed by atoms with van der Waals surface area (Å²) >= 11 is 0. The standard InChI is InChI=1S/C17H27N3O/c1-4-5-15-6-8-16(9-7-15)19-17(21)12-20-10-13(2)18-14(3)11-20/h6-9,13-14,18H,4-5,10-12H2,1-3H3,(H,19,21). The second-order valence-electron chi connectivity index (χ2n) is 6.16. The van der Waals surface area contributed by atoms with Gasteiger partial charge in [0.1, 0.15) is 0 Å². The Balaban J connectivity index is 1.83. The van der Waals surface area contributed by atoms with E-state index in [0.717, 1.165) is 31.6 Å².